The van der Waals surface area contributed by atoms with Crippen molar-refractivity contribution in [1.82, 2.24) is 10.2 Å². The van der Waals surface area contributed by atoms with Crippen molar-refractivity contribution in [3.8, 4) is 5.75 Å². The summed E-state index contributed by atoms with van der Waals surface area (Å²) in [6.45, 7) is 5.17. The van der Waals surface area contributed by atoms with Crippen LogP contribution >= 0.6 is 0 Å². The zero-order chi connectivity index (χ0) is 19.5. The van der Waals surface area contributed by atoms with Crippen LogP contribution in [0.4, 0.5) is 14.5 Å². The van der Waals surface area contributed by atoms with Crippen LogP contribution in [0.2, 0.25) is 0 Å². The summed E-state index contributed by atoms with van der Waals surface area (Å²) in [6, 6.07) is 10.6. The second-order valence-electron chi connectivity index (χ2n) is 7.58. The molecule has 1 aliphatic carbocycles. The largest absolute Gasteiger partial charge is 0.489 e. The number of fused-ring (bicyclic) bond motifs is 1. The number of benzene rings is 2. The minimum Gasteiger partial charge on any atom is -0.489 e. The average Bonchev–Trinajstić information content (AvgIpc) is 3.13. The molecule has 150 valence electrons. The summed E-state index contributed by atoms with van der Waals surface area (Å²) in [4.78, 5) is 4.71. The van der Waals surface area contributed by atoms with Crippen LogP contribution in [-0.4, -0.2) is 51.3 Å². The second kappa shape index (κ2) is 8.45. The summed E-state index contributed by atoms with van der Waals surface area (Å²) in [5.41, 5.74) is 4.11. The number of likely N-dealkylation sites (N-methyl/N-ethyl adjacent to an activating group) is 1. The fraction of sp³-hybridized carbons (Fsp3) is 0.455. The van der Waals surface area contributed by atoms with E-state index < -0.39 is 11.6 Å². The maximum absolute atomic E-state index is 13.7. The molecule has 1 N–H and O–H groups in total. The topological polar surface area (TPSA) is 27.7 Å². The Morgan fingerprint density at radius 2 is 1.96 bits per heavy atom. The number of hydrogen-bond donors (Lipinski definition) is 1. The first-order valence-corrected chi connectivity index (χ1v) is 9.98. The molecule has 2 aromatic carbocycles. The Morgan fingerprint density at radius 3 is 2.75 bits per heavy atom. The van der Waals surface area contributed by atoms with Gasteiger partial charge in [-0.1, -0.05) is 6.07 Å². The van der Waals surface area contributed by atoms with E-state index in [9.17, 15) is 8.78 Å². The standard InChI is InChI=1S/C22H27F2N3O/c1-26(12-13-28-22-7-4-17(23)14-20(22)24)21-6-3-16-2-5-18(15-19(16)21)27-10-8-25-9-11-27/h2,4-5,7,14-15,21,25H,3,6,8-13H2,1H3. The highest BCUT2D eigenvalue weighted by atomic mass is 19.1. The van der Waals surface area contributed by atoms with E-state index in [1.807, 2.05) is 0 Å². The Labute approximate surface area is 165 Å². The molecule has 0 radical (unpaired) electrons. The third kappa shape index (κ3) is 4.13. The molecule has 0 amide bonds. The van der Waals surface area contributed by atoms with E-state index in [1.165, 1.54) is 28.9 Å². The van der Waals surface area contributed by atoms with Crippen molar-refractivity contribution in [1.29, 1.82) is 0 Å². The molecule has 1 fully saturated rings. The lowest BCUT2D eigenvalue weighted by molar-refractivity contribution is 0.188. The first kappa shape index (κ1) is 19.2. The summed E-state index contributed by atoms with van der Waals surface area (Å²) in [7, 11) is 2.08. The molecule has 0 saturated carbocycles. The summed E-state index contributed by atoms with van der Waals surface area (Å²) < 4.78 is 32.2. The number of nitrogens with one attached hydrogen (secondary N) is 1. The molecule has 0 spiro atoms. The first-order chi connectivity index (χ1) is 13.6. The number of aryl methyl sites for hydroxylation is 1. The summed E-state index contributed by atoms with van der Waals surface area (Å²) in [6.07, 6.45) is 2.17. The molecule has 1 aliphatic heterocycles. The van der Waals surface area contributed by atoms with E-state index in [2.05, 4.69) is 40.4 Å². The number of ether oxygens (including phenoxy) is 1. The number of hydrogen-bond acceptors (Lipinski definition) is 4. The Morgan fingerprint density at radius 1 is 1.14 bits per heavy atom. The molecule has 0 aromatic heterocycles. The molecule has 1 unspecified atom stereocenters. The van der Waals surface area contributed by atoms with E-state index in [1.54, 1.807) is 0 Å². The van der Waals surface area contributed by atoms with Gasteiger partial charge in [-0.05, 0) is 55.3 Å². The van der Waals surface area contributed by atoms with Gasteiger partial charge in [0.2, 0.25) is 0 Å². The molecule has 1 saturated heterocycles. The normalized spacial score (nSPS) is 19.1. The van der Waals surface area contributed by atoms with Gasteiger partial charge < -0.3 is 15.0 Å². The fourth-order valence-corrected chi connectivity index (χ4v) is 4.19. The highest BCUT2D eigenvalue weighted by Crippen LogP contribution is 2.37. The van der Waals surface area contributed by atoms with Gasteiger partial charge >= 0.3 is 0 Å². The monoisotopic (exact) mass is 387 g/mol. The van der Waals surface area contributed by atoms with Gasteiger partial charge in [-0.3, -0.25) is 4.90 Å². The van der Waals surface area contributed by atoms with Crippen LogP contribution in [0.15, 0.2) is 36.4 Å². The van der Waals surface area contributed by atoms with Gasteiger partial charge in [0.05, 0.1) is 0 Å². The van der Waals surface area contributed by atoms with Crippen LogP contribution in [0, 0.1) is 11.6 Å². The predicted molar refractivity (Wildman–Crippen MR) is 107 cm³/mol. The molecular formula is C22H27F2N3O. The summed E-state index contributed by atoms with van der Waals surface area (Å²) in [5.74, 6) is -1.15. The van der Waals surface area contributed by atoms with Crippen LogP contribution in [0.1, 0.15) is 23.6 Å². The van der Waals surface area contributed by atoms with E-state index in [0.717, 1.165) is 45.1 Å². The molecule has 2 aliphatic rings. The van der Waals surface area contributed by atoms with E-state index in [4.69, 9.17) is 4.74 Å². The van der Waals surface area contributed by atoms with Gasteiger partial charge in [0.25, 0.3) is 0 Å². The molecule has 1 atom stereocenters. The molecule has 4 rings (SSSR count). The van der Waals surface area contributed by atoms with Crippen molar-refractivity contribution in [2.24, 2.45) is 0 Å². The zero-order valence-corrected chi connectivity index (χ0v) is 16.3. The highest BCUT2D eigenvalue weighted by molar-refractivity contribution is 5.53. The molecular weight excluding hydrogens is 360 g/mol. The van der Waals surface area contributed by atoms with Crippen molar-refractivity contribution in [2.45, 2.75) is 18.9 Å². The lowest BCUT2D eigenvalue weighted by Gasteiger charge is -2.31. The molecule has 2 aromatic rings. The van der Waals surface area contributed by atoms with Gasteiger partial charge in [0.1, 0.15) is 12.4 Å². The highest BCUT2D eigenvalue weighted by Gasteiger charge is 2.27. The predicted octanol–water partition coefficient (Wildman–Crippen LogP) is 3.37. The summed E-state index contributed by atoms with van der Waals surface area (Å²) in [5, 5.41) is 3.40. The number of halogens is 2. The second-order valence-corrected chi connectivity index (χ2v) is 7.58. The lowest BCUT2D eigenvalue weighted by Crippen LogP contribution is -2.43. The van der Waals surface area contributed by atoms with Gasteiger partial charge in [-0.25, -0.2) is 8.78 Å². The molecule has 28 heavy (non-hydrogen) atoms. The third-order valence-electron chi connectivity index (χ3n) is 5.79. The molecule has 0 bridgehead atoms. The fourth-order valence-electron chi connectivity index (χ4n) is 4.19. The Balaban J connectivity index is 1.38. The van der Waals surface area contributed by atoms with Gasteiger partial charge in [0, 0.05) is 50.5 Å². The van der Waals surface area contributed by atoms with Crippen molar-refractivity contribution in [2.75, 3.05) is 51.3 Å². The minimum absolute atomic E-state index is 0.0996. The maximum Gasteiger partial charge on any atom is 0.167 e. The first-order valence-electron chi connectivity index (χ1n) is 9.98. The quantitative estimate of drug-likeness (QED) is 0.823. The minimum atomic E-state index is -0.658. The number of nitrogens with zero attached hydrogens (tertiary/aromatic N) is 2. The van der Waals surface area contributed by atoms with Crippen molar-refractivity contribution >= 4 is 5.69 Å². The zero-order valence-electron chi connectivity index (χ0n) is 16.3. The molecule has 1 heterocycles. The van der Waals surface area contributed by atoms with Crippen molar-refractivity contribution < 1.29 is 13.5 Å². The van der Waals surface area contributed by atoms with E-state index in [-0.39, 0.29) is 5.75 Å². The Hall–Kier alpha value is -2.18. The Bertz CT molecular complexity index is 823. The van der Waals surface area contributed by atoms with Gasteiger partial charge in [0.15, 0.2) is 11.6 Å². The average molecular weight is 387 g/mol. The SMILES string of the molecule is CN(CCOc1ccc(F)cc1F)C1CCc2ccc(N3CCNCC3)cc21. The van der Waals surface area contributed by atoms with Crippen LogP contribution in [-0.2, 0) is 6.42 Å². The van der Waals surface area contributed by atoms with Gasteiger partial charge in [-0.2, -0.15) is 0 Å². The van der Waals surface area contributed by atoms with Gasteiger partial charge in [-0.15, -0.1) is 0 Å². The molecule has 4 nitrogen and oxygen atoms in total. The smallest absolute Gasteiger partial charge is 0.167 e. The van der Waals surface area contributed by atoms with Crippen LogP contribution in [0.25, 0.3) is 0 Å². The maximum atomic E-state index is 13.7. The van der Waals surface area contributed by atoms with E-state index in [0.29, 0.717) is 19.2 Å². The number of rotatable bonds is 6. The molecule has 6 heteroatoms. The van der Waals surface area contributed by atoms with Crippen molar-refractivity contribution in [3.05, 3.63) is 59.2 Å². The third-order valence-corrected chi connectivity index (χ3v) is 5.79. The number of piperazine rings is 1. The summed E-state index contributed by atoms with van der Waals surface area (Å²) >= 11 is 0. The number of anilines is 1. The van der Waals surface area contributed by atoms with Crippen LogP contribution < -0.4 is 15.0 Å². The van der Waals surface area contributed by atoms with Crippen molar-refractivity contribution in [3.63, 3.8) is 0 Å². The Kier molecular flexibility index (Phi) is 5.78. The van der Waals surface area contributed by atoms with E-state index >= 15 is 0 Å². The van der Waals surface area contributed by atoms with Crippen LogP contribution in [0.3, 0.4) is 0 Å². The van der Waals surface area contributed by atoms with Crippen LogP contribution in [0.5, 0.6) is 5.75 Å². The lowest BCUT2D eigenvalue weighted by atomic mass is 10.1.